The number of esters is 1. The minimum atomic E-state index is -0.591. The van der Waals surface area contributed by atoms with Gasteiger partial charge in [0.25, 0.3) is 0 Å². The molecule has 94 valence electrons. The molecule has 0 N–H and O–H groups in total. The van der Waals surface area contributed by atoms with Gasteiger partial charge in [0.1, 0.15) is 5.41 Å². The van der Waals surface area contributed by atoms with Gasteiger partial charge in [-0.15, -0.1) is 12.5 Å². The molecule has 0 aromatic rings. The summed E-state index contributed by atoms with van der Waals surface area (Å²) in [5.41, 5.74) is -0.591. The van der Waals surface area contributed by atoms with Crippen molar-refractivity contribution in [2.45, 2.75) is 51.9 Å². The van der Waals surface area contributed by atoms with E-state index in [0.717, 1.165) is 12.8 Å². The van der Waals surface area contributed by atoms with Gasteiger partial charge >= 0.3 is 5.97 Å². The Morgan fingerprint density at radius 3 is 2.88 bits per heavy atom. The molecular weight excluding hydrogens is 212 g/mol. The zero-order valence-corrected chi connectivity index (χ0v) is 10.8. The second kappa shape index (κ2) is 7.17. The van der Waals surface area contributed by atoms with E-state index >= 15 is 0 Å². The van der Waals surface area contributed by atoms with Gasteiger partial charge in [-0.05, 0) is 12.8 Å². The SMILES string of the molecule is C=CCC1(C#CCCCCCC)CCOC1=O. The minimum Gasteiger partial charge on any atom is -0.464 e. The van der Waals surface area contributed by atoms with E-state index in [0.29, 0.717) is 19.4 Å². The summed E-state index contributed by atoms with van der Waals surface area (Å²) in [6.07, 6.45) is 8.81. The summed E-state index contributed by atoms with van der Waals surface area (Å²) < 4.78 is 5.03. The van der Waals surface area contributed by atoms with Gasteiger partial charge in [-0.3, -0.25) is 4.79 Å². The standard InChI is InChI=1S/C15H22O2/c1-3-5-6-7-8-9-11-15(10-4-2)12-13-17-14(15)16/h4H,2-3,5-8,10,12-13H2,1H3. The lowest BCUT2D eigenvalue weighted by Crippen LogP contribution is -2.23. The van der Waals surface area contributed by atoms with Crippen LogP contribution in [0.3, 0.4) is 0 Å². The van der Waals surface area contributed by atoms with Crippen LogP contribution in [-0.4, -0.2) is 12.6 Å². The van der Waals surface area contributed by atoms with Crippen LogP contribution in [0.15, 0.2) is 12.7 Å². The van der Waals surface area contributed by atoms with Crippen molar-refractivity contribution in [1.82, 2.24) is 0 Å². The van der Waals surface area contributed by atoms with E-state index in [4.69, 9.17) is 4.74 Å². The molecule has 1 fully saturated rings. The molecule has 0 spiro atoms. The third-order valence-corrected chi connectivity index (χ3v) is 3.13. The van der Waals surface area contributed by atoms with Crippen molar-refractivity contribution in [3.8, 4) is 11.8 Å². The molecule has 1 saturated heterocycles. The van der Waals surface area contributed by atoms with Crippen LogP contribution in [0, 0.1) is 17.3 Å². The van der Waals surface area contributed by atoms with Crippen LogP contribution in [0.4, 0.5) is 0 Å². The summed E-state index contributed by atoms with van der Waals surface area (Å²) in [5.74, 6) is 6.10. The van der Waals surface area contributed by atoms with Gasteiger partial charge in [-0.2, -0.15) is 0 Å². The third-order valence-electron chi connectivity index (χ3n) is 3.13. The molecule has 1 aliphatic rings. The predicted octanol–water partition coefficient (Wildman–Crippen LogP) is 3.47. The number of cyclic esters (lactones) is 1. The predicted molar refractivity (Wildman–Crippen MR) is 69.4 cm³/mol. The normalized spacial score (nSPS) is 22.8. The Hall–Kier alpha value is -1.23. The van der Waals surface area contributed by atoms with Crippen molar-refractivity contribution < 1.29 is 9.53 Å². The number of allylic oxidation sites excluding steroid dienone is 1. The Bertz CT molecular complexity index is 322. The quantitative estimate of drug-likeness (QED) is 0.304. The highest BCUT2D eigenvalue weighted by molar-refractivity contribution is 5.82. The highest BCUT2D eigenvalue weighted by atomic mass is 16.5. The molecule has 0 bridgehead atoms. The number of hydrogen-bond acceptors (Lipinski definition) is 2. The molecule has 2 heteroatoms. The first-order chi connectivity index (χ1) is 8.25. The molecule has 1 rings (SSSR count). The van der Waals surface area contributed by atoms with E-state index in [1.165, 1.54) is 19.3 Å². The molecule has 1 unspecified atom stereocenters. The molecule has 1 atom stereocenters. The summed E-state index contributed by atoms with van der Waals surface area (Å²) in [5, 5.41) is 0. The van der Waals surface area contributed by atoms with Crippen molar-refractivity contribution >= 4 is 5.97 Å². The average Bonchev–Trinajstić information content (AvgIpc) is 2.66. The van der Waals surface area contributed by atoms with Crippen LogP contribution >= 0.6 is 0 Å². The minimum absolute atomic E-state index is 0.168. The van der Waals surface area contributed by atoms with Gasteiger partial charge in [0.15, 0.2) is 0 Å². The molecule has 0 aromatic carbocycles. The Kier molecular flexibility index (Phi) is 5.83. The third kappa shape index (κ3) is 3.93. The van der Waals surface area contributed by atoms with Crippen LogP contribution in [0.5, 0.6) is 0 Å². The Morgan fingerprint density at radius 2 is 2.29 bits per heavy atom. The average molecular weight is 234 g/mol. The lowest BCUT2D eigenvalue weighted by molar-refractivity contribution is -0.143. The topological polar surface area (TPSA) is 26.3 Å². The van der Waals surface area contributed by atoms with Gasteiger partial charge < -0.3 is 4.74 Å². The highest BCUT2D eigenvalue weighted by Crippen LogP contribution is 2.33. The molecular formula is C15H22O2. The van der Waals surface area contributed by atoms with Crippen molar-refractivity contribution in [3.05, 3.63) is 12.7 Å². The van der Waals surface area contributed by atoms with E-state index in [-0.39, 0.29) is 5.97 Å². The second-order valence-electron chi connectivity index (χ2n) is 4.57. The van der Waals surface area contributed by atoms with E-state index in [1.807, 2.05) is 0 Å². The van der Waals surface area contributed by atoms with E-state index in [9.17, 15) is 4.79 Å². The van der Waals surface area contributed by atoms with Crippen LogP contribution in [0.2, 0.25) is 0 Å². The first-order valence-electron chi connectivity index (χ1n) is 6.53. The number of unbranched alkanes of at least 4 members (excludes halogenated alkanes) is 4. The zero-order chi connectivity index (χ0) is 12.6. The molecule has 1 heterocycles. The van der Waals surface area contributed by atoms with Crippen molar-refractivity contribution in [3.63, 3.8) is 0 Å². The number of rotatable bonds is 6. The number of ether oxygens (including phenoxy) is 1. The van der Waals surface area contributed by atoms with Gasteiger partial charge in [-0.25, -0.2) is 0 Å². The monoisotopic (exact) mass is 234 g/mol. The summed E-state index contributed by atoms with van der Waals surface area (Å²) in [6.45, 7) is 6.39. The summed E-state index contributed by atoms with van der Waals surface area (Å²) >= 11 is 0. The van der Waals surface area contributed by atoms with Gasteiger partial charge in [0.2, 0.25) is 0 Å². The smallest absolute Gasteiger partial charge is 0.324 e. The second-order valence-corrected chi connectivity index (χ2v) is 4.57. The molecule has 0 saturated carbocycles. The molecule has 2 nitrogen and oxygen atoms in total. The first kappa shape index (κ1) is 13.8. The molecule has 1 aliphatic heterocycles. The van der Waals surface area contributed by atoms with Gasteiger partial charge in [0, 0.05) is 12.8 Å². The summed E-state index contributed by atoms with van der Waals surface area (Å²) in [7, 11) is 0. The van der Waals surface area contributed by atoms with E-state index < -0.39 is 5.41 Å². The molecule has 0 aliphatic carbocycles. The van der Waals surface area contributed by atoms with Crippen LogP contribution in [0.1, 0.15) is 51.9 Å². The summed E-state index contributed by atoms with van der Waals surface area (Å²) in [6, 6.07) is 0. The Morgan fingerprint density at radius 1 is 1.47 bits per heavy atom. The maximum atomic E-state index is 11.7. The van der Waals surface area contributed by atoms with Gasteiger partial charge in [0.05, 0.1) is 6.61 Å². The van der Waals surface area contributed by atoms with Crippen LogP contribution < -0.4 is 0 Å². The summed E-state index contributed by atoms with van der Waals surface area (Å²) in [4.78, 5) is 11.7. The fourth-order valence-electron chi connectivity index (χ4n) is 2.03. The number of carbonyl (C=O) groups is 1. The van der Waals surface area contributed by atoms with E-state index in [2.05, 4.69) is 25.3 Å². The fourth-order valence-corrected chi connectivity index (χ4v) is 2.03. The zero-order valence-electron chi connectivity index (χ0n) is 10.8. The van der Waals surface area contributed by atoms with Crippen molar-refractivity contribution in [2.75, 3.05) is 6.61 Å². The van der Waals surface area contributed by atoms with E-state index in [1.54, 1.807) is 6.08 Å². The first-order valence-corrected chi connectivity index (χ1v) is 6.53. The fraction of sp³-hybridized carbons (Fsp3) is 0.667. The maximum absolute atomic E-state index is 11.7. The van der Waals surface area contributed by atoms with Crippen molar-refractivity contribution in [1.29, 1.82) is 0 Å². The highest BCUT2D eigenvalue weighted by Gasteiger charge is 2.41. The number of hydrogen-bond donors (Lipinski definition) is 0. The van der Waals surface area contributed by atoms with Gasteiger partial charge in [-0.1, -0.05) is 38.2 Å². The lowest BCUT2D eigenvalue weighted by Gasteiger charge is -2.14. The Balaban J connectivity index is 2.47. The molecule has 0 amide bonds. The van der Waals surface area contributed by atoms with Crippen LogP contribution in [0.25, 0.3) is 0 Å². The molecule has 0 radical (unpaired) electrons. The molecule has 17 heavy (non-hydrogen) atoms. The number of carbonyl (C=O) groups excluding carboxylic acids is 1. The molecule has 0 aromatic heterocycles. The Labute approximate surface area is 104 Å². The largest absolute Gasteiger partial charge is 0.464 e. The van der Waals surface area contributed by atoms with Crippen LogP contribution in [-0.2, 0) is 9.53 Å². The maximum Gasteiger partial charge on any atom is 0.324 e. The lowest BCUT2D eigenvalue weighted by atomic mass is 9.83. The van der Waals surface area contributed by atoms with Crippen molar-refractivity contribution in [2.24, 2.45) is 5.41 Å².